The van der Waals surface area contributed by atoms with Gasteiger partial charge in [0, 0.05) is 29.3 Å². The van der Waals surface area contributed by atoms with Gasteiger partial charge in [0.2, 0.25) is 0 Å². The Balaban J connectivity index is 0.00000106. The van der Waals surface area contributed by atoms with Crippen molar-refractivity contribution in [1.29, 1.82) is 0 Å². The van der Waals surface area contributed by atoms with Crippen LogP contribution in [-0.4, -0.2) is 22.6 Å². The second-order valence-electron chi connectivity index (χ2n) is 7.18. The SMILES string of the molecule is CC.CC[C@@]1(OC)C(=O)OCc2c1cc1n(c2=O)Cc2cc3c(N)cccc3nc2-1. The number of esters is 1. The molecule has 30 heavy (non-hydrogen) atoms. The van der Waals surface area contributed by atoms with Gasteiger partial charge >= 0.3 is 5.97 Å². The number of rotatable bonds is 2. The predicted molar refractivity (Wildman–Crippen MR) is 115 cm³/mol. The van der Waals surface area contributed by atoms with Gasteiger partial charge in [0.15, 0.2) is 5.60 Å². The quantitative estimate of drug-likeness (QED) is 0.404. The van der Waals surface area contributed by atoms with Crippen LogP contribution in [0.5, 0.6) is 0 Å². The van der Waals surface area contributed by atoms with Gasteiger partial charge in [0.05, 0.1) is 29.0 Å². The van der Waals surface area contributed by atoms with E-state index in [2.05, 4.69) is 0 Å². The second-order valence-corrected chi connectivity index (χ2v) is 7.18. The van der Waals surface area contributed by atoms with Crippen molar-refractivity contribution < 1.29 is 14.3 Å². The fourth-order valence-corrected chi connectivity index (χ4v) is 4.35. The summed E-state index contributed by atoms with van der Waals surface area (Å²) in [6.07, 6.45) is 0.368. The highest BCUT2D eigenvalue weighted by Gasteiger charge is 2.47. The Kier molecular flexibility index (Phi) is 4.86. The van der Waals surface area contributed by atoms with Gasteiger partial charge in [-0.1, -0.05) is 26.8 Å². The van der Waals surface area contributed by atoms with Gasteiger partial charge in [0.1, 0.15) is 6.61 Å². The smallest absolute Gasteiger partial charge is 0.343 e. The van der Waals surface area contributed by atoms with Gasteiger partial charge in [-0.15, -0.1) is 0 Å². The van der Waals surface area contributed by atoms with Crippen LogP contribution < -0.4 is 11.3 Å². The maximum absolute atomic E-state index is 13.2. The highest BCUT2D eigenvalue weighted by molar-refractivity contribution is 5.93. The number of hydrogen-bond donors (Lipinski definition) is 1. The number of cyclic esters (lactones) is 1. The molecule has 0 aliphatic carbocycles. The van der Waals surface area contributed by atoms with Crippen molar-refractivity contribution in [2.24, 2.45) is 0 Å². The lowest BCUT2D eigenvalue weighted by atomic mass is 9.85. The van der Waals surface area contributed by atoms with Gasteiger partial charge in [0.25, 0.3) is 5.56 Å². The zero-order chi connectivity index (χ0) is 21.6. The number of nitrogen functional groups attached to an aromatic ring is 1. The Labute approximate surface area is 174 Å². The Morgan fingerprint density at radius 1 is 1.27 bits per heavy atom. The van der Waals surface area contributed by atoms with E-state index >= 15 is 0 Å². The van der Waals surface area contributed by atoms with Crippen LogP contribution in [0.3, 0.4) is 0 Å². The van der Waals surface area contributed by atoms with E-state index in [1.165, 1.54) is 7.11 Å². The lowest BCUT2D eigenvalue weighted by molar-refractivity contribution is -0.176. The Morgan fingerprint density at radius 3 is 2.73 bits per heavy atom. The van der Waals surface area contributed by atoms with Crippen LogP contribution in [0.2, 0.25) is 0 Å². The average molecular weight is 407 g/mol. The first-order chi connectivity index (χ1) is 14.5. The Bertz CT molecular complexity index is 1230. The third-order valence-electron chi connectivity index (χ3n) is 5.90. The van der Waals surface area contributed by atoms with Crippen molar-refractivity contribution in [3.63, 3.8) is 0 Å². The number of benzene rings is 1. The summed E-state index contributed by atoms with van der Waals surface area (Å²) in [5, 5.41) is 0.866. The van der Waals surface area contributed by atoms with E-state index in [0.717, 1.165) is 22.2 Å². The van der Waals surface area contributed by atoms with E-state index in [-0.39, 0.29) is 12.2 Å². The second kappa shape index (κ2) is 7.25. The molecule has 0 fully saturated rings. The number of anilines is 1. The van der Waals surface area contributed by atoms with Crippen LogP contribution in [0.25, 0.3) is 22.3 Å². The number of fused-ring (bicyclic) bond motifs is 5. The normalized spacial score (nSPS) is 18.7. The molecule has 7 heteroatoms. The fraction of sp³-hybridized carbons (Fsp3) is 0.348. The molecule has 0 radical (unpaired) electrons. The van der Waals surface area contributed by atoms with Gasteiger partial charge in [-0.05, 0) is 30.7 Å². The third-order valence-corrected chi connectivity index (χ3v) is 5.90. The summed E-state index contributed by atoms with van der Waals surface area (Å²) in [5.41, 5.74) is 9.45. The van der Waals surface area contributed by atoms with Gasteiger partial charge < -0.3 is 19.8 Å². The average Bonchev–Trinajstić information content (AvgIpc) is 3.13. The molecule has 1 atom stereocenters. The lowest BCUT2D eigenvalue weighted by Gasteiger charge is -2.35. The van der Waals surface area contributed by atoms with E-state index in [0.29, 0.717) is 35.5 Å². The summed E-state index contributed by atoms with van der Waals surface area (Å²) in [6, 6.07) is 9.44. The maximum Gasteiger partial charge on any atom is 0.343 e. The minimum Gasteiger partial charge on any atom is -0.458 e. The van der Waals surface area contributed by atoms with E-state index in [1.807, 2.05) is 51.1 Å². The van der Waals surface area contributed by atoms with Crippen LogP contribution in [-0.2, 0) is 33.0 Å². The number of ether oxygens (including phenoxy) is 2. The molecule has 0 amide bonds. The zero-order valence-electron chi connectivity index (χ0n) is 17.6. The van der Waals surface area contributed by atoms with Crippen LogP contribution in [0.1, 0.15) is 43.9 Å². The molecule has 7 nitrogen and oxygen atoms in total. The van der Waals surface area contributed by atoms with Crippen molar-refractivity contribution in [3.05, 3.63) is 57.4 Å². The highest BCUT2D eigenvalue weighted by Crippen LogP contribution is 2.40. The first kappa shape index (κ1) is 20.1. The highest BCUT2D eigenvalue weighted by atomic mass is 16.6. The summed E-state index contributed by atoms with van der Waals surface area (Å²) >= 11 is 0. The van der Waals surface area contributed by atoms with Crippen LogP contribution in [0.4, 0.5) is 5.69 Å². The van der Waals surface area contributed by atoms with Crippen LogP contribution >= 0.6 is 0 Å². The molecule has 156 valence electrons. The molecule has 1 aromatic carbocycles. The van der Waals surface area contributed by atoms with Crippen molar-refractivity contribution >= 4 is 22.6 Å². The summed E-state index contributed by atoms with van der Waals surface area (Å²) < 4.78 is 12.6. The molecule has 0 saturated heterocycles. The molecular formula is C23H25N3O4. The molecule has 0 unspecified atom stereocenters. The van der Waals surface area contributed by atoms with Crippen molar-refractivity contribution in [1.82, 2.24) is 9.55 Å². The number of nitrogens with two attached hydrogens (primary N) is 1. The minimum atomic E-state index is -1.27. The minimum absolute atomic E-state index is 0.0446. The van der Waals surface area contributed by atoms with Crippen molar-refractivity contribution in [2.45, 2.75) is 45.9 Å². The summed E-state index contributed by atoms with van der Waals surface area (Å²) in [7, 11) is 1.47. The molecule has 4 heterocycles. The molecule has 2 aromatic heterocycles. The standard InChI is InChI=1S/C21H19N3O4.C2H6/c1-3-21(27-2)14-8-17-18-11(7-12-15(22)5-4-6-16(12)23-18)9-24(17)19(25)13(14)10-28-20(21)26;1-2/h4-8H,3,9-10,22H2,1-2H3;1-2H3/t21-;/m0./s1. The van der Waals surface area contributed by atoms with Crippen LogP contribution in [0, 0.1) is 0 Å². The molecule has 3 aromatic rings. The molecular weight excluding hydrogens is 382 g/mol. The number of carbonyl (C=O) groups excluding carboxylic acids is 1. The van der Waals surface area contributed by atoms with Crippen LogP contribution in [0.15, 0.2) is 35.1 Å². The topological polar surface area (TPSA) is 96.4 Å². The van der Waals surface area contributed by atoms with E-state index in [9.17, 15) is 9.59 Å². The molecule has 2 aliphatic rings. The molecule has 5 rings (SSSR count). The number of methoxy groups -OCH3 is 1. The fourth-order valence-electron chi connectivity index (χ4n) is 4.35. The predicted octanol–water partition coefficient (Wildman–Crippen LogP) is 3.34. The monoisotopic (exact) mass is 407 g/mol. The molecule has 2 N–H and O–H groups in total. The molecule has 0 bridgehead atoms. The lowest BCUT2D eigenvalue weighted by Crippen LogP contribution is -2.45. The van der Waals surface area contributed by atoms with Crippen molar-refractivity contribution in [3.8, 4) is 11.4 Å². The summed E-state index contributed by atoms with van der Waals surface area (Å²) in [5.74, 6) is -0.466. The molecule has 0 saturated carbocycles. The van der Waals surface area contributed by atoms with Crippen molar-refractivity contribution in [2.75, 3.05) is 12.8 Å². The van der Waals surface area contributed by atoms with Gasteiger partial charge in [-0.2, -0.15) is 0 Å². The van der Waals surface area contributed by atoms with Gasteiger partial charge in [-0.25, -0.2) is 9.78 Å². The number of carbonyl (C=O) groups is 1. The maximum atomic E-state index is 13.2. The van der Waals surface area contributed by atoms with E-state index < -0.39 is 11.6 Å². The largest absolute Gasteiger partial charge is 0.458 e. The number of aromatic nitrogens is 2. The van der Waals surface area contributed by atoms with E-state index in [1.54, 1.807) is 4.57 Å². The summed E-state index contributed by atoms with van der Waals surface area (Å²) in [4.78, 5) is 30.5. The molecule has 0 spiro atoms. The Morgan fingerprint density at radius 2 is 2.03 bits per heavy atom. The van der Waals surface area contributed by atoms with E-state index in [4.69, 9.17) is 20.2 Å². The zero-order valence-corrected chi connectivity index (χ0v) is 17.6. The Hall–Kier alpha value is -3.19. The first-order valence-electron chi connectivity index (χ1n) is 10.2. The first-order valence-corrected chi connectivity index (χ1v) is 10.2. The number of pyridine rings is 2. The number of hydrogen-bond acceptors (Lipinski definition) is 6. The molecule has 2 aliphatic heterocycles. The third kappa shape index (κ3) is 2.58. The summed E-state index contributed by atoms with van der Waals surface area (Å²) in [6.45, 7) is 6.21. The van der Waals surface area contributed by atoms with Gasteiger partial charge in [-0.3, -0.25) is 4.79 Å². The number of nitrogens with zero attached hydrogens (tertiary/aromatic N) is 2.